The highest BCUT2D eigenvalue weighted by Crippen LogP contribution is 2.43. The van der Waals surface area contributed by atoms with E-state index < -0.39 is 0 Å². The van der Waals surface area contributed by atoms with Crippen LogP contribution in [0.2, 0.25) is 5.02 Å². The van der Waals surface area contributed by atoms with Gasteiger partial charge in [-0.05, 0) is 79.5 Å². The van der Waals surface area contributed by atoms with Crippen LogP contribution in [-0.4, -0.2) is 45.9 Å². The Morgan fingerprint density at radius 2 is 2.03 bits per heavy atom. The fraction of sp³-hybridized carbons (Fsp3) is 0.400. The van der Waals surface area contributed by atoms with Gasteiger partial charge in [0.05, 0.1) is 5.69 Å². The number of H-pyrrole nitrogens is 1. The summed E-state index contributed by atoms with van der Waals surface area (Å²) in [4.78, 5) is 2.54. The first-order chi connectivity index (χ1) is 15.1. The van der Waals surface area contributed by atoms with E-state index >= 15 is 0 Å². The van der Waals surface area contributed by atoms with E-state index in [1.807, 2.05) is 12.1 Å². The number of hydrogen-bond donors (Lipinski definition) is 3. The molecule has 1 unspecified atom stereocenters. The van der Waals surface area contributed by atoms with Crippen molar-refractivity contribution in [2.45, 2.75) is 38.1 Å². The second-order valence-electron chi connectivity index (χ2n) is 9.03. The molecule has 2 atom stereocenters. The van der Waals surface area contributed by atoms with Crippen LogP contribution in [0.25, 0.3) is 22.4 Å². The van der Waals surface area contributed by atoms with Gasteiger partial charge in [0.2, 0.25) is 0 Å². The van der Waals surface area contributed by atoms with Crippen LogP contribution in [-0.2, 0) is 12.8 Å². The first-order valence-corrected chi connectivity index (χ1v) is 11.6. The molecular weight excluding hydrogens is 408 g/mol. The molecule has 1 aliphatic heterocycles. The lowest BCUT2D eigenvalue weighted by Crippen LogP contribution is -2.45. The molecule has 5 nitrogen and oxygen atoms in total. The number of rotatable bonds is 4. The number of nitrogens with one attached hydrogen (secondary N) is 1. The summed E-state index contributed by atoms with van der Waals surface area (Å²) in [6, 6.07) is 12.2. The third kappa shape index (κ3) is 4.22. The highest BCUT2D eigenvalue weighted by atomic mass is 35.5. The summed E-state index contributed by atoms with van der Waals surface area (Å²) in [6.45, 7) is 3.26. The van der Waals surface area contributed by atoms with Gasteiger partial charge in [0, 0.05) is 41.5 Å². The molecule has 5 rings (SSSR count). The van der Waals surface area contributed by atoms with Crippen molar-refractivity contribution in [2.75, 3.05) is 19.6 Å². The second-order valence-corrected chi connectivity index (χ2v) is 9.47. The fourth-order valence-electron chi connectivity index (χ4n) is 5.31. The summed E-state index contributed by atoms with van der Waals surface area (Å²) in [5, 5.41) is 18.7. The molecule has 2 heterocycles. The molecule has 4 N–H and O–H groups in total. The molecule has 6 heteroatoms. The van der Waals surface area contributed by atoms with Crippen molar-refractivity contribution in [3.05, 3.63) is 58.7 Å². The minimum atomic E-state index is 0.242. The predicted octanol–water partition coefficient (Wildman–Crippen LogP) is 4.63. The smallest absolute Gasteiger partial charge is 0.132 e. The van der Waals surface area contributed by atoms with Gasteiger partial charge in [-0.25, -0.2) is 0 Å². The Hall–Kier alpha value is -2.34. The zero-order valence-electron chi connectivity index (χ0n) is 17.6. The highest BCUT2D eigenvalue weighted by Gasteiger charge is 2.26. The maximum absolute atomic E-state index is 11.2. The molecule has 1 aliphatic carbocycles. The third-order valence-corrected chi connectivity index (χ3v) is 7.02. The van der Waals surface area contributed by atoms with Gasteiger partial charge in [-0.3, -0.25) is 5.10 Å². The van der Waals surface area contributed by atoms with E-state index in [4.69, 9.17) is 17.3 Å². The Morgan fingerprint density at radius 3 is 2.84 bits per heavy atom. The average Bonchev–Trinajstić information content (AvgIpc) is 3.29. The summed E-state index contributed by atoms with van der Waals surface area (Å²) in [5.74, 6) is 0.846. The van der Waals surface area contributed by atoms with Crippen molar-refractivity contribution in [2.24, 2.45) is 11.7 Å². The van der Waals surface area contributed by atoms with Crippen LogP contribution >= 0.6 is 11.6 Å². The minimum absolute atomic E-state index is 0.242. The minimum Gasteiger partial charge on any atom is -0.507 e. The average molecular weight is 437 g/mol. The normalized spacial score (nSPS) is 21.7. The lowest BCUT2D eigenvalue weighted by Gasteiger charge is -2.35. The van der Waals surface area contributed by atoms with E-state index in [0.717, 1.165) is 55.7 Å². The van der Waals surface area contributed by atoms with Crippen LogP contribution < -0.4 is 5.73 Å². The monoisotopic (exact) mass is 436 g/mol. The first kappa shape index (κ1) is 20.6. The van der Waals surface area contributed by atoms with Gasteiger partial charge in [0.15, 0.2) is 0 Å². The molecule has 0 spiro atoms. The van der Waals surface area contributed by atoms with Crippen molar-refractivity contribution in [1.82, 2.24) is 15.1 Å². The predicted molar refractivity (Wildman–Crippen MR) is 125 cm³/mol. The summed E-state index contributed by atoms with van der Waals surface area (Å²) in [6.07, 6.45) is 7.30. The quantitative estimate of drug-likeness (QED) is 0.557. The van der Waals surface area contributed by atoms with Crippen molar-refractivity contribution in [1.29, 1.82) is 0 Å². The number of aromatic hydroxyl groups is 1. The van der Waals surface area contributed by atoms with Gasteiger partial charge in [0.1, 0.15) is 5.75 Å². The van der Waals surface area contributed by atoms with E-state index in [0.29, 0.717) is 22.5 Å². The van der Waals surface area contributed by atoms with E-state index in [2.05, 4.69) is 33.3 Å². The van der Waals surface area contributed by atoms with Crippen molar-refractivity contribution in [3.8, 4) is 28.1 Å². The molecule has 2 aromatic carbocycles. The molecule has 1 saturated heterocycles. The number of phenols is 1. The molecular formula is C25H29ClN4O. The standard InChI is InChI=1S/C25H29ClN4O/c26-18-12-22(25(31)23(13-18)24-8-9-28-29-24)20-5-1-3-17-7-6-16(11-21(17)20)14-30-10-2-4-19(27)15-30/h1,3,5,8-9,12-13,16,19,31H,2,4,6-7,10-11,14-15,27H2,(H,28,29)/t16?,19-/m1/s1. The third-order valence-electron chi connectivity index (χ3n) is 6.80. The number of likely N-dealkylation sites (tertiary alicyclic amines) is 1. The molecule has 162 valence electrons. The first-order valence-electron chi connectivity index (χ1n) is 11.2. The largest absolute Gasteiger partial charge is 0.507 e. The molecule has 1 aromatic heterocycles. The lowest BCUT2D eigenvalue weighted by molar-refractivity contribution is 0.173. The zero-order valence-corrected chi connectivity index (χ0v) is 18.4. The van der Waals surface area contributed by atoms with E-state index in [1.165, 1.54) is 24.0 Å². The van der Waals surface area contributed by atoms with Crippen LogP contribution in [0.5, 0.6) is 5.75 Å². The SMILES string of the molecule is N[C@@H]1CCCN(CC2CCc3cccc(-c4cc(Cl)cc(-c5ccn[nH]5)c4O)c3C2)C1. The van der Waals surface area contributed by atoms with Crippen molar-refractivity contribution in [3.63, 3.8) is 0 Å². The van der Waals surface area contributed by atoms with Gasteiger partial charge < -0.3 is 15.7 Å². The highest BCUT2D eigenvalue weighted by molar-refractivity contribution is 6.31. The summed E-state index contributed by atoms with van der Waals surface area (Å²) >= 11 is 6.48. The van der Waals surface area contributed by atoms with Crippen molar-refractivity contribution < 1.29 is 5.11 Å². The van der Waals surface area contributed by atoms with Gasteiger partial charge in [0.25, 0.3) is 0 Å². The van der Waals surface area contributed by atoms with Crippen LogP contribution in [0.3, 0.4) is 0 Å². The Morgan fingerprint density at radius 1 is 1.16 bits per heavy atom. The Kier molecular flexibility index (Phi) is 5.74. The Labute approximate surface area is 188 Å². The molecule has 1 fully saturated rings. The lowest BCUT2D eigenvalue weighted by atomic mass is 9.79. The van der Waals surface area contributed by atoms with Gasteiger partial charge in [-0.2, -0.15) is 5.10 Å². The number of fused-ring (bicyclic) bond motifs is 1. The van der Waals surface area contributed by atoms with Crippen LogP contribution in [0.4, 0.5) is 0 Å². The summed E-state index contributed by atoms with van der Waals surface area (Å²) in [5.41, 5.74) is 12.2. The number of phenolic OH excluding ortho intramolecular Hbond substituents is 1. The maximum atomic E-state index is 11.2. The maximum Gasteiger partial charge on any atom is 0.132 e. The van der Waals surface area contributed by atoms with Gasteiger partial charge in [-0.15, -0.1) is 0 Å². The number of nitrogens with zero attached hydrogens (tertiary/aromatic N) is 2. The van der Waals surface area contributed by atoms with Crippen LogP contribution in [0.1, 0.15) is 30.4 Å². The summed E-state index contributed by atoms with van der Waals surface area (Å²) < 4.78 is 0. The fourth-order valence-corrected chi connectivity index (χ4v) is 5.52. The molecule has 2 aliphatic rings. The topological polar surface area (TPSA) is 78.2 Å². The van der Waals surface area contributed by atoms with Crippen LogP contribution in [0, 0.1) is 5.92 Å². The van der Waals surface area contributed by atoms with E-state index in [1.54, 1.807) is 12.3 Å². The zero-order chi connectivity index (χ0) is 21.4. The van der Waals surface area contributed by atoms with E-state index in [-0.39, 0.29) is 5.75 Å². The second kappa shape index (κ2) is 8.65. The van der Waals surface area contributed by atoms with Gasteiger partial charge >= 0.3 is 0 Å². The number of benzene rings is 2. The van der Waals surface area contributed by atoms with Crippen LogP contribution in [0.15, 0.2) is 42.6 Å². The Balaban J connectivity index is 1.48. The molecule has 3 aromatic rings. The number of aromatic amines is 1. The van der Waals surface area contributed by atoms with Crippen molar-refractivity contribution >= 4 is 11.6 Å². The molecule has 0 radical (unpaired) electrons. The van der Waals surface area contributed by atoms with Gasteiger partial charge in [-0.1, -0.05) is 29.8 Å². The number of nitrogens with two attached hydrogens (primary N) is 1. The number of piperidine rings is 1. The Bertz CT molecular complexity index is 1070. The number of aromatic nitrogens is 2. The summed E-state index contributed by atoms with van der Waals surface area (Å²) in [7, 11) is 0. The number of hydrogen-bond acceptors (Lipinski definition) is 4. The number of halogens is 1. The van der Waals surface area contributed by atoms with E-state index in [9.17, 15) is 5.11 Å². The molecule has 0 bridgehead atoms. The number of aryl methyl sites for hydroxylation is 1. The molecule has 0 saturated carbocycles. The molecule has 0 amide bonds. The molecule has 31 heavy (non-hydrogen) atoms.